The van der Waals surface area contributed by atoms with Crippen LogP contribution in [0.1, 0.15) is 5.56 Å². The average molecular weight is 329 g/mol. The Morgan fingerprint density at radius 1 is 1.15 bits per heavy atom. The molecule has 0 saturated heterocycles. The van der Waals surface area contributed by atoms with Crippen molar-refractivity contribution in [3.63, 3.8) is 0 Å². The van der Waals surface area contributed by atoms with Crippen LogP contribution in [0.3, 0.4) is 0 Å². The van der Waals surface area contributed by atoms with Crippen LogP contribution in [0.2, 0.25) is 0 Å². The monoisotopic (exact) mass is 328 g/mol. The van der Waals surface area contributed by atoms with E-state index in [1.54, 1.807) is 18.6 Å². The first kappa shape index (κ1) is 12.9. The lowest BCUT2D eigenvalue weighted by Crippen LogP contribution is -1.97. The fraction of sp³-hybridized carbons (Fsp3) is 0.0667. The maximum atomic E-state index is 5.63. The molecule has 4 nitrogen and oxygen atoms in total. The van der Waals surface area contributed by atoms with Gasteiger partial charge in [0.05, 0.1) is 18.2 Å². The number of hydrogen-bond acceptors (Lipinski definition) is 3. The Hall–Kier alpha value is -2.14. The Kier molecular flexibility index (Phi) is 3.28. The molecular weight excluding hydrogens is 316 g/mol. The van der Waals surface area contributed by atoms with E-state index >= 15 is 0 Å². The number of nitrogen functional groups attached to an aromatic ring is 1. The number of pyridine rings is 1. The molecule has 0 aliphatic heterocycles. The second kappa shape index (κ2) is 5.09. The molecule has 0 aliphatic carbocycles. The maximum Gasteiger partial charge on any atom is 0.123 e. The summed E-state index contributed by atoms with van der Waals surface area (Å²) in [6, 6.07) is 9.95. The van der Waals surface area contributed by atoms with Crippen LogP contribution >= 0.6 is 15.9 Å². The lowest BCUT2D eigenvalue weighted by atomic mass is 10.2. The smallest absolute Gasteiger partial charge is 0.123 e. The molecule has 0 bridgehead atoms. The van der Waals surface area contributed by atoms with E-state index in [1.807, 2.05) is 16.8 Å². The van der Waals surface area contributed by atoms with Gasteiger partial charge in [-0.1, -0.05) is 22.0 Å². The summed E-state index contributed by atoms with van der Waals surface area (Å²) in [5, 5.41) is 0. The van der Waals surface area contributed by atoms with Crippen molar-refractivity contribution in [1.82, 2.24) is 14.5 Å². The summed E-state index contributed by atoms with van der Waals surface area (Å²) in [6.45, 7) is 2.06. The van der Waals surface area contributed by atoms with E-state index < -0.39 is 0 Å². The van der Waals surface area contributed by atoms with E-state index in [9.17, 15) is 0 Å². The number of aromatic nitrogens is 3. The second-order valence-electron chi connectivity index (χ2n) is 4.55. The van der Waals surface area contributed by atoms with Gasteiger partial charge in [-0.15, -0.1) is 0 Å². The number of hydrogen-bond donors (Lipinski definition) is 1. The third-order valence-electron chi connectivity index (χ3n) is 3.15. The van der Waals surface area contributed by atoms with Crippen molar-refractivity contribution in [2.75, 3.05) is 5.73 Å². The van der Waals surface area contributed by atoms with Crippen molar-refractivity contribution in [2.24, 2.45) is 0 Å². The fourth-order valence-corrected chi connectivity index (χ4v) is 2.37. The summed E-state index contributed by atoms with van der Waals surface area (Å²) in [5.74, 6) is 0.512. The van der Waals surface area contributed by atoms with E-state index in [4.69, 9.17) is 5.73 Å². The van der Waals surface area contributed by atoms with Gasteiger partial charge in [0.25, 0.3) is 0 Å². The molecule has 2 heterocycles. The zero-order chi connectivity index (χ0) is 14.1. The van der Waals surface area contributed by atoms with Crippen molar-refractivity contribution in [2.45, 2.75) is 6.92 Å². The summed E-state index contributed by atoms with van der Waals surface area (Å²) < 4.78 is 3.10. The largest absolute Gasteiger partial charge is 0.384 e. The van der Waals surface area contributed by atoms with Crippen LogP contribution in [0.25, 0.3) is 16.9 Å². The third-order valence-corrected chi connectivity index (χ3v) is 4.01. The van der Waals surface area contributed by atoms with Gasteiger partial charge in [-0.2, -0.15) is 0 Å². The summed E-state index contributed by atoms with van der Waals surface area (Å²) in [7, 11) is 0. The molecular formula is C15H13BrN4. The number of halogens is 1. The molecule has 5 heteroatoms. The van der Waals surface area contributed by atoms with Gasteiger partial charge in [0.15, 0.2) is 0 Å². The fourth-order valence-electron chi connectivity index (χ4n) is 2.00. The van der Waals surface area contributed by atoms with Crippen molar-refractivity contribution in [3.8, 4) is 16.9 Å². The first-order valence-electron chi connectivity index (χ1n) is 6.16. The molecule has 0 unspecified atom stereocenters. The first-order chi connectivity index (χ1) is 9.65. The number of aryl methyl sites for hydroxylation is 1. The van der Waals surface area contributed by atoms with Crippen LogP contribution < -0.4 is 5.73 Å². The number of rotatable bonds is 2. The van der Waals surface area contributed by atoms with E-state index in [0.717, 1.165) is 21.4 Å². The lowest BCUT2D eigenvalue weighted by molar-refractivity contribution is 1.06. The van der Waals surface area contributed by atoms with Gasteiger partial charge in [-0.25, -0.2) is 9.97 Å². The van der Waals surface area contributed by atoms with Crippen LogP contribution in [0, 0.1) is 6.92 Å². The van der Waals surface area contributed by atoms with Gasteiger partial charge in [-0.05, 0) is 36.8 Å². The third kappa shape index (κ3) is 2.32. The number of nitrogens with zero attached hydrogens (tertiary/aromatic N) is 3. The Morgan fingerprint density at radius 3 is 2.70 bits per heavy atom. The minimum atomic E-state index is 0.512. The minimum absolute atomic E-state index is 0.512. The normalized spacial score (nSPS) is 10.7. The van der Waals surface area contributed by atoms with Gasteiger partial charge in [-0.3, -0.25) is 4.57 Å². The summed E-state index contributed by atoms with van der Waals surface area (Å²) in [5.41, 5.74) is 9.83. The Morgan fingerprint density at radius 2 is 2.00 bits per heavy atom. The highest BCUT2D eigenvalue weighted by Gasteiger charge is 2.08. The van der Waals surface area contributed by atoms with Crippen molar-refractivity contribution in [3.05, 3.63) is 59.1 Å². The molecule has 0 radical (unpaired) electrons. The highest BCUT2D eigenvalue weighted by atomic mass is 79.9. The molecule has 0 fully saturated rings. The first-order valence-corrected chi connectivity index (χ1v) is 6.95. The molecule has 0 saturated carbocycles. The Bertz CT molecular complexity index is 747. The maximum absolute atomic E-state index is 5.63. The molecule has 2 N–H and O–H groups in total. The molecule has 3 rings (SSSR count). The molecule has 100 valence electrons. The highest BCUT2D eigenvalue weighted by molar-refractivity contribution is 9.10. The van der Waals surface area contributed by atoms with Gasteiger partial charge in [0, 0.05) is 21.9 Å². The van der Waals surface area contributed by atoms with Gasteiger partial charge < -0.3 is 5.73 Å². The molecule has 0 aliphatic rings. The van der Waals surface area contributed by atoms with Crippen LogP contribution in [0.15, 0.2) is 53.5 Å². The van der Waals surface area contributed by atoms with Gasteiger partial charge >= 0.3 is 0 Å². The summed E-state index contributed by atoms with van der Waals surface area (Å²) in [6.07, 6.45) is 5.37. The molecule has 0 spiro atoms. The van der Waals surface area contributed by atoms with E-state index in [0.29, 0.717) is 5.82 Å². The number of nitrogens with two attached hydrogens (primary N) is 1. The van der Waals surface area contributed by atoms with Crippen LogP contribution in [0.4, 0.5) is 5.82 Å². The topological polar surface area (TPSA) is 56.7 Å². The van der Waals surface area contributed by atoms with Crippen molar-refractivity contribution < 1.29 is 0 Å². The Labute approximate surface area is 125 Å². The van der Waals surface area contributed by atoms with Crippen LogP contribution in [0.5, 0.6) is 0 Å². The summed E-state index contributed by atoms with van der Waals surface area (Å²) in [4.78, 5) is 8.37. The van der Waals surface area contributed by atoms with Crippen molar-refractivity contribution >= 4 is 21.7 Å². The van der Waals surface area contributed by atoms with E-state index in [1.165, 1.54) is 5.56 Å². The minimum Gasteiger partial charge on any atom is -0.384 e. The second-order valence-corrected chi connectivity index (χ2v) is 5.41. The van der Waals surface area contributed by atoms with Gasteiger partial charge in [0.1, 0.15) is 5.82 Å². The van der Waals surface area contributed by atoms with Gasteiger partial charge in [0.2, 0.25) is 0 Å². The quantitative estimate of drug-likeness (QED) is 0.782. The molecule has 1 aromatic carbocycles. The van der Waals surface area contributed by atoms with Crippen molar-refractivity contribution in [1.29, 1.82) is 0 Å². The average Bonchev–Trinajstić information content (AvgIpc) is 2.92. The lowest BCUT2D eigenvalue weighted by Gasteiger charge is -2.09. The Balaban J connectivity index is 2.10. The number of imidazole rings is 1. The molecule has 0 atom stereocenters. The molecule has 3 aromatic rings. The highest BCUT2D eigenvalue weighted by Crippen LogP contribution is 2.25. The standard InChI is InChI=1S/C15H13BrN4/c1-10-2-4-12(6-13(10)16)20-9-18-8-14(20)11-3-5-15(17)19-7-11/h2-9H,1H3,(H2,17,19). The van der Waals surface area contributed by atoms with Crippen LogP contribution in [-0.2, 0) is 0 Å². The zero-order valence-corrected chi connectivity index (χ0v) is 12.5. The predicted molar refractivity (Wildman–Crippen MR) is 83.6 cm³/mol. The molecule has 0 amide bonds. The SMILES string of the molecule is Cc1ccc(-n2cncc2-c2ccc(N)nc2)cc1Br. The van der Waals surface area contributed by atoms with Crippen LogP contribution in [-0.4, -0.2) is 14.5 Å². The molecule has 2 aromatic heterocycles. The van der Waals surface area contributed by atoms with E-state index in [-0.39, 0.29) is 0 Å². The van der Waals surface area contributed by atoms with E-state index in [2.05, 4.69) is 51.0 Å². The predicted octanol–water partition coefficient (Wildman–Crippen LogP) is 3.59. The molecule has 20 heavy (non-hydrogen) atoms. The number of benzene rings is 1. The summed E-state index contributed by atoms with van der Waals surface area (Å²) >= 11 is 3.56. The zero-order valence-electron chi connectivity index (χ0n) is 10.9. The number of anilines is 1.